The SMILES string of the molecule is Cc1ccc(S(=O)(=O)n2cc(C#CCO)c3cc(Br)ccc32)cc1. The fourth-order valence-corrected chi connectivity index (χ4v) is 4.16. The molecule has 6 heteroatoms. The van der Waals surface area contributed by atoms with Crippen LogP contribution in [0.1, 0.15) is 11.1 Å². The number of fused-ring (bicyclic) bond motifs is 1. The highest BCUT2D eigenvalue weighted by atomic mass is 79.9. The van der Waals surface area contributed by atoms with Gasteiger partial charge in [-0.25, -0.2) is 12.4 Å². The summed E-state index contributed by atoms with van der Waals surface area (Å²) < 4.78 is 28.0. The third-order valence-electron chi connectivity index (χ3n) is 3.61. The van der Waals surface area contributed by atoms with E-state index in [4.69, 9.17) is 5.11 Å². The minimum atomic E-state index is -3.73. The predicted molar refractivity (Wildman–Crippen MR) is 97.4 cm³/mol. The Morgan fingerprint density at radius 3 is 2.54 bits per heavy atom. The first-order valence-corrected chi connectivity index (χ1v) is 9.39. The van der Waals surface area contributed by atoms with Gasteiger partial charge in [-0.1, -0.05) is 45.5 Å². The minimum absolute atomic E-state index is 0.217. The molecule has 0 radical (unpaired) electrons. The summed E-state index contributed by atoms with van der Waals surface area (Å²) in [6, 6.07) is 12.0. The third kappa shape index (κ3) is 2.98. The highest BCUT2D eigenvalue weighted by Gasteiger charge is 2.20. The van der Waals surface area contributed by atoms with Crippen molar-refractivity contribution in [3.05, 3.63) is 64.3 Å². The van der Waals surface area contributed by atoms with Crippen LogP contribution < -0.4 is 0 Å². The van der Waals surface area contributed by atoms with Crippen molar-refractivity contribution in [1.29, 1.82) is 0 Å². The molecule has 0 aliphatic rings. The number of aliphatic hydroxyl groups excluding tert-OH is 1. The second-order valence-electron chi connectivity index (χ2n) is 5.28. The second kappa shape index (κ2) is 6.44. The van der Waals surface area contributed by atoms with Crippen LogP contribution >= 0.6 is 15.9 Å². The van der Waals surface area contributed by atoms with Crippen molar-refractivity contribution in [2.24, 2.45) is 0 Å². The zero-order chi connectivity index (χ0) is 17.3. The largest absolute Gasteiger partial charge is 0.384 e. The summed E-state index contributed by atoms with van der Waals surface area (Å²) in [4.78, 5) is 0.217. The molecule has 0 aliphatic carbocycles. The van der Waals surface area contributed by atoms with Crippen molar-refractivity contribution in [2.75, 3.05) is 6.61 Å². The van der Waals surface area contributed by atoms with Crippen molar-refractivity contribution in [1.82, 2.24) is 3.97 Å². The molecule has 1 aromatic heterocycles. The predicted octanol–water partition coefficient (Wildman–Crippen LogP) is 3.29. The molecule has 3 aromatic rings. The van der Waals surface area contributed by atoms with Gasteiger partial charge < -0.3 is 5.11 Å². The van der Waals surface area contributed by atoms with Crippen LogP contribution in [0.4, 0.5) is 0 Å². The number of halogens is 1. The fourth-order valence-electron chi connectivity index (χ4n) is 2.43. The zero-order valence-corrected chi connectivity index (χ0v) is 15.2. The second-order valence-corrected chi connectivity index (χ2v) is 8.01. The molecule has 1 heterocycles. The lowest BCUT2D eigenvalue weighted by molar-refractivity contribution is 0.350. The number of rotatable bonds is 2. The van der Waals surface area contributed by atoms with Crippen LogP contribution in [0.3, 0.4) is 0 Å². The van der Waals surface area contributed by atoms with E-state index < -0.39 is 10.0 Å². The molecule has 4 nitrogen and oxygen atoms in total. The topological polar surface area (TPSA) is 59.3 Å². The highest BCUT2D eigenvalue weighted by Crippen LogP contribution is 2.28. The van der Waals surface area contributed by atoms with Crippen molar-refractivity contribution < 1.29 is 13.5 Å². The van der Waals surface area contributed by atoms with Crippen LogP contribution in [0, 0.1) is 18.8 Å². The molecule has 122 valence electrons. The molecule has 0 fully saturated rings. The molecular weight excluding hydrogens is 390 g/mol. The number of aromatic nitrogens is 1. The summed E-state index contributed by atoms with van der Waals surface area (Å²) >= 11 is 3.39. The Hall–Kier alpha value is -2.07. The molecule has 0 atom stereocenters. The van der Waals surface area contributed by atoms with E-state index in [9.17, 15) is 8.42 Å². The molecule has 24 heavy (non-hydrogen) atoms. The van der Waals surface area contributed by atoms with Crippen molar-refractivity contribution in [3.63, 3.8) is 0 Å². The normalized spacial score (nSPS) is 11.3. The van der Waals surface area contributed by atoms with E-state index in [2.05, 4.69) is 27.8 Å². The summed E-state index contributed by atoms with van der Waals surface area (Å²) in [5.41, 5.74) is 2.08. The standard InChI is InChI=1S/C18H14BrNO3S/c1-13-4-7-16(8-5-13)24(22,23)20-12-14(3-2-10-21)17-11-15(19)6-9-18(17)20/h4-9,11-12,21H,10H2,1H3. The van der Waals surface area contributed by atoms with Gasteiger partial charge in [0.2, 0.25) is 0 Å². The first-order valence-electron chi connectivity index (χ1n) is 7.16. The van der Waals surface area contributed by atoms with E-state index in [1.54, 1.807) is 36.4 Å². The molecule has 0 unspecified atom stereocenters. The van der Waals surface area contributed by atoms with Crippen LogP contribution in [0.2, 0.25) is 0 Å². The van der Waals surface area contributed by atoms with Gasteiger partial charge in [0.25, 0.3) is 10.0 Å². The van der Waals surface area contributed by atoms with Gasteiger partial charge in [0, 0.05) is 16.1 Å². The average molecular weight is 404 g/mol. The van der Waals surface area contributed by atoms with Crippen LogP contribution in [-0.4, -0.2) is 24.1 Å². The van der Waals surface area contributed by atoms with E-state index in [-0.39, 0.29) is 11.5 Å². The van der Waals surface area contributed by atoms with Crippen LogP contribution in [-0.2, 0) is 10.0 Å². The molecule has 0 amide bonds. The fraction of sp³-hybridized carbons (Fsp3) is 0.111. The Balaban J connectivity index is 2.28. The van der Waals surface area contributed by atoms with E-state index in [0.717, 1.165) is 10.0 Å². The summed E-state index contributed by atoms with van der Waals surface area (Å²) in [5, 5.41) is 9.63. The number of benzene rings is 2. The highest BCUT2D eigenvalue weighted by molar-refractivity contribution is 9.10. The van der Waals surface area contributed by atoms with Gasteiger partial charge in [-0.2, -0.15) is 0 Å². The first kappa shape index (κ1) is 16.8. The molecule has 0 saturated heterocycles. The maximum atomic E-state index is 13.0. The van der Waals surface area contributed by atoms with Crippen molar-refractivity contribution >= 4 is 36.9 Å². The maximum Gasteiger partial charge on any atom is 0.268 e. The number of hydrogen-bond acceptors (Lipinski definition) is 3. The summed E-state index contributed by atoms with van der Waals surface area (Å²) in [6.45, 7) is 1.62. The number of nitrogens with zero attached hydrogens (tertiary/aromatic N) is 1. The van der Waals surface area contributed by atoms with E-state index in [0.29, 0.717) is 16.5 Å². The van der Waals surface area contributed by atoms with Crippen LogP contribution in [0.25, 0.3) is 10.9 Å². The minimum Gasteiger partial charge on any atom is -0.384 e. The number of aryl methyl sites for hydroxylation is 1. The van der Waals surface area contributed by atoms with E-state index >= 15 is 0 Å². The third-order valence-corrected chi connectivity index (χ3v) is 5.79. The smallest absolute Gasteiger partial charge is 0.268 e. The monoisotopic (exact) mass is 403 g/mol. The molecule has 0 saturated carbocycles. The maximum absolute atomic E-state index is 13.0. The van der Waals surface area contributed by atoms with Gasteiger partial charge in [-0.15, -0.1) is 0 Å². The van der Waals surface area contributed by atoms with Crippen LogP contribution in [0.15, 0.2) is 58.0 Å². The average Bonchev–Trinajstić information content (AvgIpc) is 2.92. The molecule has 3 rings (SSSR count). The van der Waals surface area contributed by atoms with Gasteiger partial charge in [-0.3, -0.25) is 0 Å². The Morgan fingerprint density at radius 2 is 1.88 bits per heavy atom. The Kier molecular flexibility index (Phi) is 4.50. The number of aliphatic hydroxyl groups is 1. The van der Waals surface area contributed by atoms with Crippen molar-refractivity contribution in [2.45, 2.75) is 11.8 Å². The van der Waals surface area contributed by atoms with Crippen LogP contribution in [0.5, 0.6) is 0 Å². The lowest BCUT2D eigenvalue weighted by atomic mass is 10.2. The summed E-state index contributed by atoms with van der Waals surface area (Å²) in [7, 11) is -3.73. The zero-order valence-electron chi connectivity index (χ0n) is 12.8. The van der Waals surface area contributed by atoms with Gasteiger partial charge >= 0.3 is 0 Å². The molecule has 1 N–H and O–H groups in total. The van der Waals surface area contributed by atoms with Gasteiger partial charge in [0.05, 0.1) is 16.0 Å². The van der Waals surface area contributed by atoms with Gasteiger partial charge in [-0.05, 0) is 37.3 Å². The summed E-state index contributed by atoms with van der Waals surface area (Å²) in [6.07, 6.45) is 1.49. The Bertz CT molecular complexity index is 1070. The van der Waals surface area contributed by atoms with Gasteiger partial charge in [0.1, 0.15) is 6.61 Å². The molecule has 0 aliphatic heterocycles. The lowest BCUT2D eigenvalue weighted by Crippen LogP contribution is -2.11. The molecule has 0 spiro atoms. The Labute approximate surface area is 148 Å². The number of hydrogen-bond donors (Lipinski definition) is 1. The van der Waals surface area contributed by atoms with E-state index in [1.165, 1.54) is 10.2 Å². The quantitative estimate of drug-likeness (QED) is 0.667. The summed E-state index contributed by atoms with van der Waals surface area (Å²) in [5.74, 6) is 5.38. The van der Waals surface area contributed by atoms with Crippen molar-refractivity contribution in [3.8, 4) is 11.8 Å². The Morgan fingerprint density at radius 1 is 1.17 bits per heavy atom. The molecular formula is C18H14BrNO3S. The van der Waals surface area contributed by atoms with Gasteiger partial charge in [0.15, 0.2) is 0 Å². The molecule has 2 aromatic carbocycles. The lowest BCUT2D eigenvalue weighted by Gasteiger charge is -2.07. The molecule has 0 bridgehead atoms. The van der Waals surface area contributed by atoms with E-state index in [1.807, 2.05) is 13.0 Å². The first-order chi connectivity index (χ1) is 11.4.